The standard InChI is InChI=1S/C20H25NO5/c1-20(2,3)26-19(23)21-10-13(11-22)18-15-8-6-5-7-14(15)17(9-16(18)21)25-12-24-4/h5-9,13,22H,10-12H2,1-4H3/t13-/m1/s1. The molecule has 0 aliphatic carbocycles. The van der Waals surface area contributed by atoms with Gasteiger partial charge >= 0.3 is 6.09 Å². The Morgan fingerprint density at radius 2 is 1.96 bits per heavy atom. The first-order valence-corrected chi connectivity index (χ1v) is 8.64. The second kappa shape index (κ2) is 7.13. The van der Waals surface area contributed by atoms with E-state index in [1.807, 2.05) is 51.1 Å². The van der Waals surface area contributed by atoms with Gasteiger partial charge in [0.15, 0.2) is 6.79 Å². The second-order valence-electron chi connectivity index (χ2n) is 7.37. The molecule has 1 N–H and O–H groups in total. The van der Waals surface area contributed by atoms with Crippen molar-refractivity contribution in [3.8, 4) is 5.75 Å². The minimum Gasteiger partial charge on any atom is -0.467 e. The van der Waals surface area contributed by atoms with Crippen molar-refractivity contribution in [2.24, 2.45) is 0 Å². The van der Waals surface area contributed by atoms with E-state index < -0.39 is 11.7 Å². The number of aliphatic hydroxyl groups excluding tert-OH is 1. The van der Waals surface area contributed by atoms with Crippen LogP contribution in [-0.4, -0.2) is 43.9 Å². The molecule has 1 aliphatic heterocycles. The van der Waals surface area contributed by atoms with Crippen LogP contribution in [0.1, 0.15) is 32.3 Å². The molecule has 0 saturated carbocycles. The zero-order valence-electron chi connectivity index (χ0n) is 15.6. The molecule has 3 rings (SSSR count). The van der Waals surface area contributed by atoms with E-state index >= 15 is 0 Å². The van der Waals surface area contributed by atoms with Crippen molar-refractivity contribution < 1.29 is 24.1 Å². The summed E-state index contributed by atoms with van der Waals surface area (Å²) in [6.45, 7) is 5.93. The number of aliphatic hydroxyl groups is 1. The minimum absolute atomic E-state index is 0.0471. The fourth-order valence-corrected chi connectivity index (χ4v) is 3.29. The molecule has 0 fully saturated rings. The van der Waals surface area contributed by atoms with Gasteiger partial charge in [-0.3, -0.25) is 4.90 Å². The molecule has 0 bridgehead atoms. The Morgan fingerprint density at radius 1 is 1.27 bits per heavy atom. The van der Waals surface area contributed by atoms with Gasteiger partial charge in [-0.2, -0.15) is 0 Å². The number of nitrogens with zero attached hydrogens (tertiary/aromatic N) is 1. The summed E-state index contributed by atoms with van der Waals surface area (Å²) >= 11 is 0. The molecular formula is C20H25NO5. The smallest absolute Gasteiger partial charge is 0.414 e. The maximum absolute atomic E-state index is 12.7. The predicted octanol–water partition coefficient (Wildman–Crippen LogP) is 3.65. The Morgan fingerprint density at radius 3 is 2.58 bits per heavy atom. The molecule has 6 heteroatoms. The third-order valence-electron chi connectivity index (χ3n) is 4.30. The van der Waals surface area contributed by atoms with Gasteiger partial charge in [-0.25, -0.2) is 4.79 Å². The first-order valence-electron chi connectivity index (χ1n) is 8.64. The molecule has 1 heterocycles. The number of carbonyl (C=O) groups is 1. The molecule has 0 unspecified atom stereocenters. The average molecular weight is 359 g/mol. The quantitative estimate of drug-likeness (QED) is 0.844. The van der Waals surface area contributed by atoms with Crippen molar-refractivity contribution in [2.75, 3.05) is 32.0 Å². The van der Waals surface area contributed by atoms with Gasteiger partial charge in [0.2, 0.25) is 0 Å². The number of fused-ring (bicyclic) bond motifs is 3. The Labute approximate surface area is 153 Å². The van der Waals surface area contributed by atoms with Gasteiger partial charge in [0.05, 0.1) is 12.3 Å². The summed E-state index contributed by atoms with van der Waals surface area (Å²) < 4.78 is 16.3. The maximum atomic E-state index is 12.7. The second-order valence-corrected chi connectivity index (χ2v) is 7.37. The number of benzene rings is 2. The number of amides is 1. The zero-order valence-corrected chi connectivity index (χ0v) is 15.6. The largest absolute Gasteiger partial charge is 0.467 e. The molecule has 26 heavy (non-hydrogen) atoms. The molecule has 140 valence electrons. The summed E-state index contributed by atoms with van der Waals surface area (Å²) in [7, 11) is 1.56. The number of hydrogen-bond donors (Lipinski definition) is 1. The summed E-state index contributed by atoms with van der Waals surface area (Å²) in [5, 5.41) is 11.8. The summed E-state index contributed by atoms with van der Waals surface area (Å²) in [5.41, 5.74) is 1.06. The van der Waals surface area contributed by atoms with Crippen molar-refractivity contribution in [1.82, 2.24) is 0 Å². The van der Waals surface area contributed by atoms with E-state index in [0.717, 1.165) is 16.3 Å². The highest BCUT2D eigenvalue weighted by molar-refractivity contribution is 6.02. The van der Waals surface area contributed by atoms with Crippen LogP contribution in [0, 0.1) is 0 Å². The lowest BCUT2D eigenvalue weighted by molar-refractivity contribution is 0.0522. The van der Waals surface area contributed by atoms with Crippen LogP contribution in [0.5, 0.6) is 5.75 Å². The summed E-state index contributed by atoms with van der Waals surface area (Å²) in [6.07, 6.45) is -0.428. The summed E-state index contributed by atoms with van der Waals surface area (Å²) in [6, 6.07) is 9.65. The van der Waals surface area contributed by atoms with Crippen LogP contribution >= 0.6 is 0 Å². The molecule has 1 atom stereocenters. The van der Waals surface area contributed by atoms with E-state index in [4.69, 9.17) is 14.2 Å². The normalized spacial score (nSPS) is 16.7. The van der Waals surface area contributed by atoms with E-state index in [9.17, 15) is 9.90 Å². The van der Waals surface area contributed by atoms with E-state index in [-0.39, 0.29) is 19.3 Å². The monoisotopic (exact) mass is 359 g/mol. The van der Waals surface area contributed by atoms with Crippen LogP contribution in [-0.2, 0) is 9.47 Å². The van der Waals surface area contributed by atoms with Gasteiger partial charge in [-0.1, -0.05) is 24.3 Å². The minimum atomic E-state index is -0.596. The number of ether oxygens (including phenoxy) is 3. The Kier molecular flexibility index (Phi) is 5.07. The zero-order chi connectivity index (χ0) is 18.9. The van der Waals surface area contributed by atoms with Gasteiger partial charge in [-0.05, 0) is 31.7 Å². The number of carbonyl (C=O) groups excluding carboxylic acids is 1. The van der Waals surface area contributed by atoms with E-state index in [1.165, 1.54) is 0 Å². The van der Waals surface area contributed by atoms with Gasteiger partial charge in [0, 0.05) is 31.0 Å². The molecule has 6 nitrogen and oxygen atoms in total. The van der Waals surface area contributed by atoms with Crippen LogP contribution in [0.2, 0.25) is 0 Å². The molecular weight excluding hydrogens is 334 g/mol. The molecule has 0 aromatic heterocycles. The first kappa shape index (κ1) is 18.5. The highest BCUT2D eigenvalue weighted by Gasteiger charge is 2.36. The molecule has 0 saturated heterocycles. The molecule has 1 amide bonds. The van der Waals surface area contributed by atoms with Gasteiger partial charge in [0.1, 0.15) is 11.4 Å². The summed E-state index contributed by atoms with van der Waals surface area (Å²) in [4.78, 5) is 14.3. The maximum Gasteiger partial charge on any atom is 0.414 e. The fourth-order valence-electron chi connectivity index (χ4n) is 3.29. The van der Waals surface area contributed by atoms with E-state index in [1.54, 1.807) is 12.0 Å². The third-order valence-corrected chi connectivity index (χ3v) is 4.30. The van der Waals surface area contributed by atoms with Crippen LogP contribution in [0.25, 0.3) is 10.8 Å². The molecule has 0 radical (unpaired) electrons. The number of hydrogen-bond acceptors (Lipinski definition) is 5. The van der Waals surface area contributed by atoms with Gasteiger partial charge in [-0.15, -0.1) is 0 Å². The van der Waals surface area contributed by atoms with Gasteiger partial charge < -0.3 is 19.3 Å². The fraction of sp³-hybridized carbons (Fsp3) is 0.450. The van der Waals surface area contributed by atoms with Crippen LogP contribution in [0.4, 0.5) is 10.5 Å². The highest BCUT2D eigenvalue weighted by Crippen LogP contribution is 2.45. The Hall–Kier alpha value is -2.31. The molecule has 2 aromatic carbocycles. The SMILES string of the molecule is COCOc1cc2c(c3ccccc13)[C@@H](CO)CN2C(=O)OC(C)(C)C. The van der Waals surface area contributed by atoms with Crippen molar-refractivity contribution in [1.29, 1.82) is 0 Å². The lowest BCUT2D eigenvalue weighted by Gasteiger charge is -2.25. The highest BCUT2D eigenvalue weighted by atomic mass is 16.7. The van der Waals surface area contributed by atoms with E-state index in [2.05, 4.69) is 0 Å². The van der Waals surface area contributed by atoms with Crippen molar-refractivity contribution in [3.05, 3.63) is 35.9 Å². The molecule has 0 spiro atoms. The number of anilines is 1. The van der Waals surface area contributed by atoms with Crippen LogP contribution < -0.4 is 9.64 Å². The Balaban J connectivity index is 2.12. The van der Waals surface area contributed by atoms with Gasteiger partial charge in [0.25, 0.3) is 0 Å². The number of rotatable bonds is 4. The predicted molar refractivity (Wildman–Crippen MR) is 99.9 cm³/mol. The van der Waals surface area contributed by atoms with Crippen molar-refractivity contribution in [2.45, 2.75) is 32.3 Å². The lowest BCUT2D eigenvalue weighted by Crippen LogP contribution is -2.36. The van der Waals surface area contributed by atoms with Crippen molar-refractivity contribution in [3.63, 3.8) is 0 Å². The Bertz CT molecular complexity index is 812. The van der Waals surface area contributed by atoms with Crippen LogP contribution in [0.15, 0.2) is 30.3 Å². The molecule has 1 aliphatic rings. The molecule has 2 aromatic rings. The lowest BCUT2D eigenvalue weighted by atomic mass is 9.95. The first-order chi connectivity index (χ1) is 12.4. The van der Waals surface area contributed by atoms with Crippen LogP contribution in [0.3, 0.4) is 0 Å². The number of methoxy groups -OCH3 is 1. The topological polar surface area (TPSA) is 68.2 Å². The third kappa shape index (κ3) is 3.48. The average Bonchev–Trinajstić information content (AvgIpc) is 2.97. The van der Waals surface area contributed by atoms with E-state index in [0.29, 0.717) is 18.0 Å². The van der Waals surface area contributed by atoms with Crippen molar-refractivity contribution >= 4 is 22.6 Å². The summed E-state index contributed by atoms with van der Waals surface area (Å²) in [5.74, 6) is 0.465.